The van der Waals surface area contributed by atoms with Crippen molar-refractivity contribution in [2.24, 2.45) is 0 Å². The molecule has 3 rings (SSSR count). The van der Waals surface area contributed by atoms with Crippen LogP contribution in [-0.2, 0) is 9.84 Å². The van der Waals surface area contributed by atoms with E-state index in [2.05, 4.69) is 0 Å². The van der Waals surface area contributed by atoms with E-state index in [-0.39, 0.29) is 21.8 Å². The lowest BCUT2D eigenvalue weighted by molar-refractivity contribution is 0.508. The zero-order valence-corrected chi connectivity index (χ0v) is 14.7. The van der Waals surface area contributed by atoms with Crippen molar-refractivity contribution < 1.29 is 21.6 Å². The molecule has 26 heavy (non-hydrogen) atoms. The van der Waals surface area contributed by atoms with Gasteiger partial charge in [0.2, 0.25) is 0 Å². The number of hydrogen-bond acceptors (Lipinski definition) is 4. The van der Waals surface area contributed by atoms with Crippen molar-refractivity contribution in [2.75, 3.05) is 6.26 Å². The molecule has 134 valence electrons. The second-order valence-electron chi connectivity index (χ2n) is 5.85. The van der Waals surface area contributed by atoms with Gasteiger partial charge in [0.15, 0.2) is 26.9 Å². The maximum atomic E-state index is 13.6. The number of aryl methyl sites for hydroxylation is 1. The minimum absolute atomic E-state index is 0.0709. The summed E-state index contributed by atoms with van der Waals surface area (Å²) in [6.07, 6.45) is 1.08. The van der Waals surface area contributed by atoms with Crippen molar-refractivity contribution in [2.45, 2.75) is 11.8 Å². The summed E-state index contributed by atoms with van der Waals surface area (Å²) in [6.45, 7) is 1.59. The topological polar surface area (TPSA) is 64.3 Å². The largest absolute Gasteiger partial charge is 0.460 e. The van der Waals surface area contributed by atoms with Crippen LogP contribution in [0.1, 0.15) is 5.76 Å². The van der Waals surface area contributed by atoms with Crippen LogP contribution in [0.25, 0.3) is 22.5 Å². The maximum absolute atomic E-state index is 13.6. The third kappa shape index (κ3) is 3.43. The van der Waals surface area contributed by atoms with Gasteiger partial charge in [0.1, 0.15) is 11.5 Å². The summed E-state index contributed by atoms with van der Waals surface area (Å²) in [5.41, 5.74) is 0.265. The van der Waals surface area contributed by atoms with Crippen LogP contribution in [0, 0.1) is 18.6 Å². The molecule has 4 nitrogen and oxygen atoms in total. The van der Waals surface area contributed by atoms with E-state index in [9.17, 15) is 22.0 Å². The van der Waals surface area contributed by atoms with Crippen molar-refractivity contribution in [3.8, 4) is 22.5 Å². The number of hydrogen-bond donors (Lipinski definition) is 0. The molecule has 0 aliphatic heterocycles. The van der Waals surface area contributed by atoms with Crippen LogP contribution in [0.5, 0.6) is 0 Å². The van der Waals surface area contributed by atoms with Crippen molar-refractivity contribution in [1.82, 2.24) is 0 Å². The Bertz CT molecular complexity index is 1150. The van der Waals surface area contributed by atoms with Crippen LogP contribution in [-0.4, -0.2) is 14.7 Å². The van der Waals surface area contributed by atoms with Gasteiger partial charge in [-0.15, -0.1) is 0 Å². The molecule has 1 aromatic heterocycles. The van der Waals surface area contributed by atoms with Crippen LogP contribution in [0.15, 0.2) is 62.6 Å². The van der Waals surface area contributed by atoms with Gasteiger partial charge in [0.25, 0.3) is 0 Å². The smallest absolute Gasteiger partial charge is 0.193 e. The third-order valence-electron chi connectivity index (χ3n) is 3.82. The fourth-order valence-corrected chi connectivity index (χ4v) is 3.22. The first-order valence-corrected chi connectivity index (χ1v) is 9.46. The van der Waals surface area contributed by atoms with E-state index >= 15 is 0 Å². The van der Waals surface area contributed by atoms with E-state index in [1.165, 1.54) is 36.4 Å². The number of sulfone groups is 1. The van der Waals surface area contributed by atoms with E-state index in [0.717, 1.165) is 18.4 Å². The van der Waals surface area contributed by atoms with Crippen molar-refractivity contribution >= 4 is 9.84 Å². The highest BCUT2D eigenvalue weighted by atomic mass is 32.2. The van der Waals surface area contributed by atoms with Crippen LogP contribution in [0.2, 0.25) is 0 Å². The van der Waals surface area contributed by atoms with E-state index < -0.39 is 26.9 Å². The van der Waals surface area contributed by atoms with Crippen LogP contribution in [0.4, 0.5) is 8.78 Å². The molecule has 0 radical (unpaired) electrons. The van der Waals surface area contributed by atoms with Crippen LogP contribution < -0.4 is 5.43 Å². The summed E-state index contributed by atoms with van der Waals surface area (Å²) < 4.78 is 55.7. The first kappa shape index (κ1) is 18.0. The monoisotopic (exact) mass is 376 g/mol. The zero-order chi connectivity index (χ0) is 19.1. The van der Waals surface area contributed by atoms with Crippen molar-refractivity contribution in [3.05, 3.63) is 76.1 Å². The van der Waals surface area contributed by atoms with Crippen molar-refractivity contribution in [1.29, 1.82) is 0 Å². The van der Waals surface area contributed by atoms with Crippen molar-refractivity contribution in [3.63, 3.8) is 0 Å². The number of halogens is 2. The first-order chi connectivity index (χ1) is 12.2. The molecular weight excluding hydrogens is 362 g/mol. The van der Waals surface area contributed by atoms with Gasteiger partial charge >= 0.3 is 0 Å². The highest BCUT2D eigenvalue weighted by Crippen LogP contribution is 2.31. The highest BCUT2D eigenvalue weighted by Gasteiger charge is 2.17. The minimum Gasteiger partial charge on any atom is -0.460 e. The van der Waals surface area contributed by atoms with Gasteiger partial charge in [-0.25, -0.2) is 17.2 Å². The summed E-state index contributed by atoms with van der Waals surface area (Å²) in [7, 11) is -3.37. The van der Waals surface area contributed by atoms with Gasteiger partial charge < -0.3 is 4.42 Å². The maximum Gasteiger partial charge on any atom is 0.193 e. The predicted octanol–water partition coefficient (Wildman–Crippen LogP) is 3.96. The molecule has 0 aliphatic rings. The fourth-order valence-electron chi connectivity index (χ4n) is 2.59. The molecule has 0 N–H and O–H groups in total. The molecule has 0 unspecified atom stereocenters. The third-order valence-corrected chi connectivity index (χ3v) is 4.95. The highest BCUT2D eigenvalue weighted by molar-refractivity contribution is 7.90. The summed E-state index contributed by atoms with van der Waals surface area (Å²) in [5.74, 6) is -1.62. The molecule has 0 aliphatic carbocycles. The molecule has 0 saturated carbocycles. The lowest BCUT2D eigenvalue weighted by atomic mass is 9.99. The lowest BCUT2D eigenvalue weighted by Gasteiger charge is -2.10. The summed E-state index contributed by atoms with van der Waals surface area (Å²) >= 11 is 0. The quantitative estimate of drug-likeness (QED) is 0.694. The second-order valence-corrected chi connectivity index (χ2v) is 7.87. The van der Waals surface area contributed by atoms with E-state index in [1.54, 1.807) is 6.92 Å². The van der Waals surface area contributed by atoms with Gasteiger partial charge in [0, 0.05) is 17.9 Å². The first-order valence-electron chi connectivity index (χ1n) is 7.57. The summed E-state index contributed by atoms with van der Waals surface area (Å²) in [6, 6.07) is 10.2. The van der Waals surface area contributed by atoms with Crippen LogP contribution >= 0.6 is 0 Å². The second kappa shape index (κ2) is 6.49. The molecule has 0 spiro atoms. The van der Waals surface area contributed by atoms with Gasteiger partial charge in [0.05, 0.1) is 10.5 Å². The Kier molecular flexibility index (Phi) is 4.50. The Hall–Kier alpha value is -2.80. The standard InChI is InChI=1S/C19H14F2O4S/c1-11-9-17(22)18(13-5-8-15(20)16(21)10-13)19(25-11)12-3-6-14(7-4-12)26(2,23)24/h3-10H,1-2H3. The van der Waals surface area contributed by atoms with E-state index in [4.69, 9.17) is 4.42 Å². The molecule has 2 aromatic carbocycles. The van der Waals surface area contributed by atoms with Gasteiger partial charge in [-0.2, -0.15) is 0 Å². The molecule has 0 amide bonds. The number of benzene rings is 2. The predicted molar refractivity (Wildman–Crippen MR) is 93.6 cm³/mol. The Morgan fingerprint density at radius 2 is 1.50 bits per heavy atom. The summed E-state index contributed by atoms with van der Waals surface area (Å²) in [4.78, 5) is 12.6. The lowest BCUT2D eigenvalue weighted by Crippen LogP contribution is -2.07. The molecule has 1 heterocycles. The Balaban J connectivity index is 2.24. The Labute approximate surface area is 148 Å². The molecule has 0 fully saturated rings. The molecule has 3 aromatic rings. The normalized spacial score (nSPS) is 11.5. The van der Waals surface area contributed by atoms with Gasteiger partial charge in [-0.05, 0) is 48.9 Å². The average Bonchev–Trinajstić information content (AvgIpc) is 2.56. The molecule has 0 saturated heterocycles. The van der Waals surface area contributed by atoms with Gasteiger partial charge in [-0.3, -0.25) is 4.79 Å². The minimum atomic E-state index is -3.37. The summed E-state index contributed by atoms with van der Waals surface area (Å²) in [5, 5.41) is 0. The molecular formula is C19H14F2O4S. The fraction of sp³-hybridized carbons (Fsp3) is 0.105. The van der Waals surface area contributed by atoms with E-state index in [0.29, 0.717) is 11.3 Å². The Morgan fingerprint density at radius 1 is 0.885 bits per heavy atom. The zero-order valence-electron chi connectivity index (χ0n) is 13.9. The Morgan fingerprint density at radius 3 is 2.08 bits per heavy atom. The molecule has 0 atom stereocenters. The van der Waals surface area contributed by atoms with E-state index in [1.807, 2.05) is 0 Å². The SMILES string of the molecule is Cc1cc(=O)c(-c2ccc(F)c(F)c2)c(-c2ccc(S(C)(=O)=O)cc2)o1. The molecule has 7 heteroatoms. The van der Waals surface area contributed by atoms with Crippen LogP contribution in [0.3, 0.4) is 0 Å². The number of rotatable bonds is 3. The molecule has 0 bridgehead atoms. The average molecular weight is 376 g/mol. The van der Waals surface area contributed by atoms with Gasteiger partial charge in [-0.1, -0.05) is 6.07 Å².